The number of amides is 1. The van der Waals surface area contributed by atoms with Crippen LogP contribution in [0.5, 0.6) is 0 Å². The van der Waals surface area contributed by atoms with Gasteiger partial charge in [0.2, 0.25) is 0 Å². The molecule has 1 amide bonds. The Morgan fingerprint density at radius 1 is 1.00 bits per heavy atom. The van der Waals surface area contributed by atoms with E-state index in [0.29, 0.717) is 5.82 Å². The average molecular weight is 481 g/mol. The fourth-order valence-electron chi connectivity index (χ4n) is 5.66. The van der Waals surface area contributed by atoms with Gasteiger partial charge in [-0.05, 0) is 69.9 Å². The fourth-order valence-corrected chi connectivity index (χ4v) is 5.66. The maximum absolute atomic E-state index is 12.3. The van der Waals surface area contributed by atoms with Crippen LogP contribution >= 0.6 is 0 Å². The second kappa shape index (κ2) is 7.91. The van der Waals surface area contributed by atoms with Crippen LogP contribution in [0.25, 0.3) is 28.5 Å². The number of rotatable bonds is 3. The van der Waals surface area contributed by atoms with Gasteiger partial charge in [0.15, 0.2) is 17.5 Å². The van der Waals surface area contributed by atoms with Crippen LogP contribution in [0.2, 0.25) is 0 Å². The van der Waals surface area contributed by atoms with Gasteiger partial charge in [-0.1, -0.05) is 36.4 Å². The summed E-state index contributed by atoms with van der Waals surface area (Å²) in [7, 11) is 0. The van der Waals surface area contributed by atoms with Crippen LogP contribution in [0.4, 0.5) is 16.3 Å². The Bertz CT molecular complexity index is 1460. The Balaban J connectivity index is 1.47. The molecule has 4 aromatic rings. The van der Waals surface area contributed by atoms with E-state index in [4.69, 9.17) is 0 Å². The molecular formula is C28H28N6O2. The number of aromatic nitrogens is 4. The van der Waals surface area contributed by atoms with Crippen molar-refractivity contribution in [3.8, 4) is 28.5 Å². The smallest absolute Gasteiger partial charge is 0.408 e. The summed E-state index contributed by atoms with van der Waals surface area (Å²) in [6, 6.07) is 20.0. The first-order valence-electron chi connectivity index (χ1n) is 12.2. The van der Waals surface area contributed by atoms with Gasteiger partial charge < -0.3 is 10.4 Å². The van der Waals surface area contributed by atoms with Gasteiger partial charge in [0.1, 0.15) is 0 Å². The Morgan fingerprint density at radius 2 is 1.72 bits per heavy atom. The summed E-state index contributed by atoms with van der Waals surface area (Å²) in [5.74, 6) is 2.18. The summed E-state index contributed by atoms with van der Waals surface area (Å²) >= 11 is 0. The maximum Gasteiger partial charge on any atom is 0.408 e. The SMILES string of the molecule is CC(C)(C)N(C(=O)O)C1(c2ccc(-c3nnc4n3-c3cccnc3Nc3ccccc3-4)cc2)CCC1. The predicted octanol–water partition coefficient (Wildman–Crippen LogP) is 6.21. The van der Waals surface area contributed by atoms with Crippen LogP contribution in [0.1, 0.15) is 45.6 Å². The molecule has 36 heavy (non-hydrogen) atoms. The minimum atomic E-state index is -0.885. The molecule has 0 saturated heterocycles. The van der Waals surface area contributed by atoms with Crippen molar-refractivity contribution in [1.29, 1.82) is 0 Å². The number of pyridine rings is 1. The highest BCUT2D eigenvalue weighted by Crippen LogP contribution is 2.50. The number of hydrogen-bond acceptors (Lipinski definition) is 5. The lowest BCUT2D eigenvalue weighted by Crippen LogP contribution is -2.60. The van der Waals surface area contributed by atoms with Crippen LogP contribution in [-0.2, 0) is 5.54 Å². The van der Waals surface area contributed by atoms with E-state index in [-0.39, 0.29) is 0 Å². The number of carboxylic acid groups (broad SMARTS) is 1. The molecule has 1 saturated carbocycles. The van der Waals surface area contributed by atoms with E-state index in [0.717, 1.165) is 59.0 Å². The van der Waals surface area contributed by atoms with Gasteiger partial charge in [-0.3, -0.25) is 9.47 Å². The molecule has 2 aromatic heterocycles. The monoisotopic (exact) mass is 480 g/mol. The van der Waals surface area contributed by atoms with Crippen LogP contribution in [0, 0.1) is 0 Å². The number of nitrogens with one attached hydrogen (secondary N) is 1. The molecular weight excluding hydrogens is 452 g/mol. The number of hydrogen-bond donors (Lipinski definition) is 2. The van der Waals surface area contributed by atoms with Gasteiger partial charge in [0.25, 0.3) is 0 Å². The first kappa shape index (κ1) is 22.3. The van der Waals surface area contributed by atoms with E-state index in [1.807, 2.05) is 86.0 Å². The number of anilines is 2. The zero-order chi connectivity index (χ0) is 25.1. The molecule has 1 aliphatic heterocycles. The van der Waals surface area contributed by atoms with Crippen molar-refractivity contribution in [3.05, 3.63) is 72.4 Å². The zero-order valence-electron chi connectivity index (χ0n) is 20.6. The van der Waals surface area contributed by atoms with Gasteiger partial charge in [-0.15, -0.1) is 10.2 Å². The first-order chi connectivity index (χ1) is 17.3. The topological polar surface area (TPSA) is 96.2 Å². The summed E-state index contributed by atoms with van der Waals surface area (Å²) in [4.78, 5) is 18.5. The predicted molar refractivity (Wildman–Crippen MR) is 138 cm³/mol. The Hall–Kier alpha value is -4.20. The Labute approximate surface area is 209 Å². The van der Waals surface area contributed by atoms with Crippen LogP contribution < -0.4 is 5.32 Å². The van der Waals surface area contributed by atoms with Crippen LogP contribution in [0.15, 0.2) is 66.9 Å². The minimum absolute atomic E-state index is 0.508. The van der Waals surface area contributed by atoms with Crippen molar-refractivity contribution in [2.45, 2.75) is 51.1 Å². The molecule has 0 spiro atoms. The van der Waals surface area contributed by atoms with Gasteiger partial charge in [0, 0.05) is 22.9 Å². The third-order valence-electron chi connectivity index (χ3n) is 7.26. The highest BCUT2D eigenvalue weighted by Gasteiger charge is 2.50. The highest BCUT2D eigenvalue weighted by molar-refractivity contribution is 5.84. The number of nitrogens with zero attached hydrogens (tertiary/aromatic N) is 5. The largest absolute Gasteiger partial charge is 0.465 e. The summed E-state index contributed by atoms with van der Waals surface area (Å²) in [5.41, 5.74) is 3.64. The lowest BCUT2D eigenvalue weighted by atomic mass is 9.69. The standard InChI is InChI=1S/C28H28N6O2/c1-27(2,3)34(26(35)36)28(15-7-16-28)19-13-11-18(12-14-19)24-31-32-25-20-8-4-5-9-21(20)30-23-22(33(24)25)10-6-17-29-23/h4-6,8-14,17H,7,15-16H2,1-3H3,(H,29,30)(H,35,36). The van der Waals surface area contributed by atoms with Gasteiger partial charge >= 0.3 is 6.09 Å². The summed E-state index contributed by atoms with van der Waals surface area (Å²) in [6.07, 6.45) is 3.52. The van der Waals surface area contributed by atoms with E-state index in [9.17, 15) is 9.90 Å². The molecule has 8 nitrogen and oxygen atoms in total. The fraction of sp³-hybridized carbons (Fsp3) is 0.286. The molecule has 0 bridgehead atoms. The third kappa shape index (κ3) is 3.28. The molecule has 6 rings (SSSR count). The second-order valence-corrected chi connectivity index (χ2v) is 10.5. The van der Waals surface area contributed by atoms with Crippen molar-refractivity contribution in [2.75, 3.05) is 5.32 Å². The lowest BCUT2D eigenvalue weighted by molar-refractivity contribution is -0.0328. The summed E-state index contributed by atoms with van der Waals surface area (Å²) < 4.78 is 2.04. The highest BCUT2D eigenvalue weighted by atomic mass is 16.4. The van der Waals surface area contributed by atoms with E-state index < -0.39 is 17.2 Å². The molecule has 1 fully saturated rings. The molecule has 1 aliphatic carbocycles. The van der Waals surface area contributed by atoms with Gasteiger partial charge in [-0.25, -0.2) is 9.78 Å². The molecule has 182 valence electrons. The van der Waals surface area contributed by atoms with Crippen molar-refractivity contribution in [3.63, 3.8) is 0 Å². The van der Waals surface area contributed by atoms with E-state index in [2.05, 4.69) is 20.5 Å². The molecule has 0 atom stereocenters. The molecule has 2 aliphatic rings. The minimum Gasteiger partial charge on any atom is -0.465 e. The van der Waals surface area contributed by atoms with E-state index >= 15 is 0 Å². The van der Waals surface area contributed by atoms with Crippen LogP contribution in [-0.4, -0.2) is 41.4 Å². The molecule has 8 heteroatoms. The maximum atomic E-state index is 12.3. The number of carbonyl (C=O) groups is 1. The molecule has 0 radical (unpaired) electrons. The molecule has 2 N–H and O–H groups in total. The average Bonchev–Trinajstić information content (AvgIpc) is 3.20. The molecule has 0 unspecified atom stereocenters. The molecule has 2 aromatic carbocycles. The zero-order valence-corrected chi connectivity index (χ0v) is 20.6. The van der Waals surface area contributed by atoms with E-state index in [1.165, 1.54) is 0 Å². The van der Waals surface area contributed by atoms with Crippen molar-refractivity contribution in [2.24, 2.45) is 0 Å². The van der Waals surface area contributed by atoms with Gasteiger partial charge in [-0.2, -0.15) is 0 Å². The first-order valence-corrected chi connectivity index (χ1v) is 12.2. The van der Waals surface area contributed by atoms with Gasteiger partial charge in [0.05, 0.1) is 16.9 Å². The lowest BCUT2D eigenvalue weighted by Gasteiger charge is -2.54. The van der Waals surface area contributed by atoms with Crippen LogP contribution in [0.3, 0.4) is 0 Å². The number of fused-ring (bicyclic) bond motifs is 5. The van der Waals surface area contributed by atoms with Crippen molar-refractivity contribution < 1.29 is 9.90 Å². The normalized spacial score (nSPS) is 15.4. The summed E-state index contributed by atoms with van der Waals surface area (Å²) in [6.45, 7) is 5.87. The Kier molecular flexibility index (Phi) is 4.90. The third-order valence-corrected chi connectivity index (χ3v) is 7.26. The number of para-hydroxylation sites is 1. The number of benzene rings is 2. The van der Waals surface area contributed by atoms with Crippen molar-refractivity contribution in [1.82, 2.24) is 24.6 Å². The second-order valence-electron chi connectivity index (χ2n) is 10.5. The van der Waals surface area contributed by atoms with Crippen molar-refractivity contribution >= 4 is 17.6 Å². The summed E-state index contributed by atoms with van der Waals surface area (Å²) in [5, 5.41) is 22.7. The van der Waals surface area contributed by atoms with E-state index in [1.54, 1.807) is 11.1 Å². The molecule has 3 heterocycles. The quantitative estimate of drug-likeness (QED) is 0.319. The Morgan fingerprint density at radius 3 is 2.39 bits per heavy atom.